The van der Waals surface area contributed by atoms with Crippen molar-refractivity contribution >= 4 is 16.8 Å². The Bertz CT molecular complexity index is 1060. The highest BCUT2D eigenvalue weighted by Crippen LogP contribution is 2.36. The van der Waals surface area contributed by atoms with Gasteiger partial charge in [0.15, 0.2) is 0 Å². The summed E-state index contributed by atoms with van der Waals surface area (Å²) in [5, 5.41) is 4.16. The molecule has 3 aliphatic heterocycles. The molecule has 3 aliphatic rings. The second-order valence-corrected chi connectivity index (χ2v) is 10.5. The molecular formula is C27H38N4O3. The van der Waals surface area contributed by atoms with E-state index in [9.17, 15) is 9.59 Å². The van der Waals surface area contributed by atoms with E-state index in [0.717, 1.165) is 63.1 Å². The number of hydrogen-bond donors (Lipinski definition) is 1. The Balaban J connectivity index is 1.22. The van der Waals surface area contributed by atoms with Crippen LogP contribution < -0.4 is 10.9 Å². The highest BCUT2D eigenvalue weighted by molar-refractivity contribution is 5.97. The smallest absolute Gasteiger partial charge is 0.264 e. The van der Waals surface area contributed by atoms with E-state index in [1.807, 2.05) is 38.1 Å². The van der Waals surface area contributed by atoms with Gasteiger partial charge in [-0.1, -0.05) is 18.2 Å². The van der Waals surface area contributed by atoms with Gasteiger partial charge in [0, 0.05) is 37.3 Å². The highest BCUT2D eigenvalue weighted by atomic mass is 16.5. The number of rotatable bonds is 7. The molecule has 4 heterocycles. The number of pyridine rings is 1. The van der Waals surface area contributed by atoms with Crippen LogP contribution >= 0.6 is 0 Å². The fraction of sp³-hybridized carbons (Fsp3) is 0.630. The maximum Gasteiger partial charge on any atom is 0.264 e. The van der Waals surface area contributed by atoms with Crippen LogP contribution in [0.1, 0.15) is 62.4 Å². The van der Waals surface area contributed by atoms with Gasteiger partial charge >= 0.3 is 0 Å². The summed E-state index contributed by atoms with van der Waals surface area (Å²) >= 11 is 0. The first-order valence-corrected chi connectivity index (χ1v) is 13.0. The van der Waals surface area contributed by atoms with Crippen molar-refractivity contribution in [2.45, 2.75) is 70.1 Å². The summed E-state index contributed by atoms with van der Waals surface area (Å²) in [6.45, 7) is 10.1. The number of para-hydroxylation sites is 1. The number of amides is 1. The molecule has 3 atom stereocenters. The van der Waals surface area contributed by atoms with Crippen molar-refractivity contribution in [2.75, 3.05) is 39.4 Å². The van der Waals surface area contributed by atoms with E-state index in [-0.39, 0.29) is 29.1 Å². The van der Waals surface area contributed by atoms with Gasteiger partial charge in [0.05, 0.1) is 18.7 Å². The van der Waals surface area contributed by atoms with Gasteiger partial charge in [0.1, 0.15) is 5.56 Å². The van der Waals surface area contributed by atoms with Gasteiger partial charge in [0.25, 0.3) is 11.5 Å². The molecule has 184 valence electrons. The van der Waals surface area contributed by atoms with Crippen molar-refractivity contribution in [1.82, 2.24) is 19.7 Å². The number of nitrogens with zero attached hydrogens (tertiary/aromatic N) is 3. The summed E-state index contributed by atoms with van der Waals surface area (Å²) in [6, 6.07) is 10.8. The second kappa shape index (κ2) is 10.2. The zero-order valence-corrected chi connectivity index (χ0v) is 20.5. The first-order chi connectivity index (χ1) is 16.5. The molecule has 2 aromatic rings. The van der Waals surface area contributed by atoms with Crippen molar-refractivity contribution in [2.24, 2.45) is 0 Å². The molecule has 1 aromatic heterocycles. The first-order valence-electron chi connectivity index (χ1n) is 13.0. The number of fused-ring (bicyclic) bond motifs is 3. The van der Waals surface area contributed by atoms with Gasteiger partial charge in [-0.2, -0.15) is 0 Å². The average molecular weight is 467 g/mol. The SMILES string of the molecule is CC(C)n1c(=O)c(C(=O)NC2C[C@H]3CC[C@@H](C2)N3CCCN2CCOCC2)cc2ccccc21. The molecule has 1 unspecified atom stereocenters. The molecule has 3 saturated heterocycles. The van der Waals surface area contributed by atoms with Crippen LogP contribution in [0.3, 0.4) is 0 Å². The summed E-state index contributed by atoms with van der Waals surface area (Å²) in [5.74, 6) is -0.227. The van der Waals surface area contributed by atoms with Crippen molar-refractivity contribution in [3.8, 4) is 0 Å². The number of carbonyl (C=O) groups excluding carboxylic acids is 1. The third-order valence-electron chi connectivity index (χ3n) is 7.92. The summed E-state index contributed by atoms with van der Waals surface area (Å²) in [6.07, 6.45) is 5.57. The molecule has 1 aromatic carbocycles. The van der Waals surface area contributed by atoms with E-state index in [1.54, 1.807) is 10.6 Å². The van der Waals surface area contributed by atoms with Crippen LogP contribution in [0.5, 0.6) is 0 Å². The lowest BCUT2D eigenvalue weighted by atomic mass is 9.96. The predicted octanol–water partition coefficient (Wildman–Crippen LogP) is 3.03. The predicted molar refractivity (Wildman–Crippen MR) is 134 cm³/mol. The maximum absolute atomic E-state index is 13.3. The number of carbonyl (C=O) groups is 1. The number of benzene rings is 1. The number of piperidine rings is 1. The molecule has 0 saturated carbocycles. The van der Waals surface area contributed by atoms with Crippen LogP contribution in [0.15, 0.2) is 35.1 Å². The number of hydrogen-bond acceptors (Lipinski definition) is 5. The fourth-order valence-corrected chi connectivity index (χ4v) is 6.28. The minimum Gasteiger partial charge on any atom is -0.379 e. The van der Waals surface area contributed by atoms with Crippen LogP contribution in [-0.2, 0) is 4.74 Å². The molecule has 1 amide bonds. The van der Waals surface area contributed by atoms with E-state index in [2.05, 4.69) is 15.1 Å². The lowest BCUT2D eigenvalue weighted by molar-refractivity contribution is 0.0336. The van der Waals surface area contributed by atoms with E-state index in [0.29, 0.717) is 12.1 Å². The summed E-state index contributed by atoms with van der Waals surface area (Å²) < 4.78 is 7.20. The van der Waals surface area contributed by atoms with Crippen LogP contribution in [-0.4, -0.2) is 77.8 Å². The lowest BCUT2D eigenvalue weighted by Crippen LogP contribution is -2.51. The molecule has 7 heteroatoms. The van der Waals surface area contributed by atoms with Gasteiger partial charge in [-0.15, -0.1) is 0 Å². The minimum absolute atomic E-state index is 0.0123. The quantitative estimate of drug-likeness (QED) is 0.680. The summed E-state index contributed by atoms with van der Waals surface area (Å²) in [5.41, 5.74) is 0.935. The van der Waals surface area contributed by atoms with Gasteiger partial charge in [0.2, 0.25) is 0 Å². The Kier molecular flexibility index (Phi) is 7.04. The fourth-order valence-electron chi connectivity index (χ4n) is 6.28. The Labute approximate surface area is 202 Å². The number of ether oxygens (including phenoxy) is 1. The Morgan fingerprint density at radius 2 is 1.79 bits per heavy atom. The molecule has 0 spiro atoms. The second-order valence-electron chi connectivity index (χ2n) is 10.5. The monoisotopic (exact) mass is 466 g/mol. The highest BCUT2D eigenvalue weighted by Gasteiger charge is 2.40. The van der Waals surface area contributed by atoms with Gasteiger partial charge in [-0.05, 0) is 76.6 Å². The Morgan fingerprint density at radius 1 is 1.09 bits per heavy atom. The third kappa shape index (κ3) is 4.79. The van der Waals surface area contributed by atoms with E-state index in [4.69, 9.17) is 4.74 Å². The Morgan fingerprint density at radius 3 is 2.50 bits per heavy atom. The summed E-state index contributed by atoms with van der Waals surface area (Å²) in [4.78, 5) is 31.7. The van der Waals surface area contributed by atoms with E-state index >= 15 is 0 Å². The number of aromatic nitrogens is 1. The topological polar surface area (TPSA) is 66.8 Å². The van der Waals surface area contributed by atoms with Gasteiger partial charge in [-0.25, -0.2) is 0 Å². The number of morpholine rings is 1. The van der Waals surface area contributed by atoms with Crippen LogP contribution in [0.4, 0.5) is 0 Å². The average Bonchev–Trinajstić information content (AvgIpc) is 3.06. The first kappa shape index (κ1) is 23.5. The van der Waals surface area contributed by atoms with Crippen molar-refractivity contribution < 1.29 is 9.53 Å². The van der Waals surface area contributed by atoms with Crippen molar-refractivity contribution in [3.63, 3.8) is 0 Å². The van der Waals surface area contributed by atoms with E-state index < -0.39 is 0 Å². The van der Waals surface area contributed by atoms with Crippen molar-refractivity contribution in [1.29, 1.82) is 0 Å². The molecule has 5 rings (SSSR count). The van der Waals surface area contributed by atoms with Crippen LogP contribution in [0, 0.1) is 0 Å². The molecular weight excluding hydrogens is 428 g/mol. The number of nitrogens with one attached hydrogen (secondary N) is 1. The Hall–Kier alpha value is -2.22. The van der Waals surface area contributed by atoms with Crippen LogP contribution in [0.25, 0.3) is 10.9 Å². The van der Waals surface area contributed by atoms with E-state index in [1.165, 1.54) is 19.3 Å². The van der Waals surface area contributed by atoms with Crippen LogP contribution in [0.2, 0.25) is 0 Å². The molecule has 1 N–H and O–H groups in total. The minimum atomic E-state index is -0.227. The molecule has 3 fully saturated rings. The van der Waals surface area contributed by atoms with Gasteiger partial charge in [-0.3, -0.25) is 19.4 Å². The summed E-state index contributed by atoms with van der Waals surface area (Å²) in [7, 11) is 0. The standard InChI is InChI=1S/C27H38N4O3/c1-19(2)31-25-7-4-3-6-20(25)16-24(27(31)33)26(32)28-21-17-22-8-9-23(18-21)30(22)11-5-10-29-12-14-34-15-13-29/h3-4,6-7,16,19,21-23H,5,8-15,17-18H2,1-2H3,(H,28,32)/t21?,22-,23+. The molecule has 2 bridgehead atoms. The lowest BCUT2D eigenvalue weighted by Gasteiger charge is -2.39. The van der Waals surface area contributed by atoms with Gasteiger partial charge < -0.3 is 14.6 Å². The molecule has 0 radical (unpaired) electrons. The molecule has 34 heavy (non-hydrogen) atoms. The zero-order chi connectivity index (χ0) is 23.7. The molecule has 0 aliphatic carbocycles. The van der Waals surface area contributed by atoms with Crippen molar-refractivity contribution in [3.05, 3.63) is 46.2 Å². The normalized spacial score (nSPS) is 25.8. The maximum atomic E-state index is 13.3. The zero-order valence-electron chi connectivity index (χ0n) is 20.5. The third-order valence-corrected chi connectivity index (χ3v) is 7.92. The molecule has 7 nitrogen and oxygen atoms in total. The largest absolute Gasteiger partial charge is 0.379 e.